The standard InChI is InChI=1S/C54H87N9O14S/c1-12-33(6)47(39(75-10)27-43(66)62-25-19-22-38(62)48(76-11)34(7)50(69)58-36(54(73)74)26-35-20-15-13-16-21-35)61(9)53(72)45(31(2)3)59-51(70)46(32(4)5)60(8)42(65)23-17-14-18-24-63-44(67)28-40(52(63)71)78-30-37(49(55)68)57-41(64)29-77-56/h13,15-16,20-21,31-34,36-40,45-48H,12,14,17-19,22-30,56H2,1-11H3,(H2,55,68)(H,57,64)(H,58,69)(H,59,70)(H,73,74)/t33-,34+,36+,37?,38-,39+,40?,45-,46-,47?,48+/m0/s1. The number of nitrogens with zero attached hydrogens (tertiary/aromatic N) is 4. The molecule has 2 aliphatic heterocycles. The van der Waals surface area contributed by atoms with Crippen LogP contribution >= 0.6 is 11.8 Å². The summed E-state index contributed by atoms with van der Waals surface area (Å²) in [4.78, 5) is 142. The van der Waals surface area contributed by atoms with E-state index >= 15 is 0 Å². The Morgan fingerprint density at radius 2 is 1.53 bits per heavy atom. The lowest BCUT2D eigenvalue weighted by Crippen LogP contribution is -2.60. The van der Waals surface area contributed by atoms with Gasteiger partial charge < -0.3 is 51.0 Å². The third-order valence-corrected chi connectivity index (χ3v) is 16.2. The normalized spacial score (nSPS) is 19.1. The number of amides is 9. The molecule has 78 heavy (non-hydrogen) atoms. The minimum Gasteiger partial charge on any atom is -0.480 e. The van der Waals surface area contributed by atoms with E-state index in [0.29, 0.717) is 45.1 Å². The lowest BCUT2D eigenvalue weighted by atomic mass is 9.89. The molecule has 438 valence electrons. The number of primary amides is 1. The number of benzene rings is 1. The maximum Gasteiger partial charge on any atom is 0.326 e. The number of methoxy groups -OCH3 is 2. The van der Waals surface area contributed by atoms with Gasteiger partial charge in [-0.15, -0.1) is 11.8 Å². The Bertz CT molecular complexity index is 2210. The molecule has 0 aromatic heterocycles. The fourth-order valence-electron chi connectivity index (χ4n) is 10.3. The summed E-state index contributed by atoms with van der Waals surface area (Å²) in [5, 5.41) is 17.2. The number of carboxylic acid groups (broad SMARTS) is 1. The second-order valence-corrected chi connectivity index (χ2v) is 22.4. The van der Waals surface area contributed by atoms with E-state index in [1.807, 2.05) is 33.8 Å². The van der Waals surface area contributed by atoms with Crippen molar-refractivity contribution in [3.63, 3.8) is 0 Å². The number of thioether (sulfide) groups is 1. The molecule has 0 saturated carbocycles. The highest BCUT2D eigenvalue weighted by atomic mass is 32.2. The molecule has 3 rings (SSSR count). The van der Waals surface area contributed by atoms with Crippen LogP contribution in [-0.2, 0) is 68.7 Å². The number of aliphatic carboxylic acids is 1. The molecular formula is C54H87N9O14S. The summed E-state index contributed by atoms with van der Waals surface area (Å²) in [6.45, 7) is 12.8. The van der Waals surface area contributed by atoms with Gasteiger partial charge >= 0.3 is 5.97 Å². The molecule has 0 bridgehead atoms. The van der Waals surface area contributed by atoms with Crippen molar-refractivity contribution in [2.24, 2.45) is 35.3 Å². The summed E-state index contributed by atoms with van der Waals surface area (Å²) >= 11 is 1.03. The second kappa shape index (κ2) is 32.4. The molecule has 0 radical (unpaired) electrons. The first-order valence-corrected chi connectivity index (χ1v) is 28.0. The van der Waals surface area contributed by atoms with E-state index in [9.17, 15) is 53.1 Å². The maximum atomic E-state index is 14.7. The first-order chi connectivity index (χ1) is 36.8. The lowest BCUT2D eigenvalue weighted by Gasteiger charge is -2.41. The van der Waals surface area contributed by atoms with Crippen LogP contribution in [0, 0.1) is 23.7 Å². The van der Waals surface area contributed by atoms with Crippen molar-refractivity contribution in [2.45, 2.75) is 166 Å². The predicted octanol–water partition coefficient (Wildman–Crippen LogP) is 1.62. The van der Waals surface area contributed by atoms with E-state index in [4.69, 9.17) is 21.1 Å². The molecule has 2 saturated heterocycles. The fourth-order valence-corrected chi connectivity index (χ4v) is 11.6. The minimum atomic E-state index is -1.18. The monoisotopic (exact) mass is 1120 g/mol. The molecule has 2 fully saturated rings. The zero-order chi connectivity index (χ0) is 58.6. The molecule has 11 atom stereocenters. The number of hydrogen-bond donors (Lipinski definition) is 6. The van der Waals surface area contributed by atoms with Crippen LogP contribution < -0.4 is 27.6 Å². The van der Waals surface area contributed by atoms with Gasteiger partial charge in [0.05, 0.1) is 41.9 Å². The molecule has 23 nitrogen and oxygen atoms in total. The first kappa shape index (κ1) is 66.6. The van der Waals surface area contributed by atoms with Crippen molar-refractivity contribution < 1.29 is 67.4 Å². The van der Waals surface area contributed by atoms with Crippen LogP contribution in [-0.4, -0.2) is 191 Å². The van der Waals surface area contributed by atoms with Crippen molar-refractivity contribution >= 4 is 70.9 Å². The molecule has 3 unspecified atom stereocenters. The van der Waals surface area contributed by atoms with Gasteiger partial charge in [0.2, 0.25) is 53.2 Å². The number of carbonyl (C=O) groups is 10. The van der Waals surface area contributed by atoms with E-state index in [2.05, 4.69) is 20.8 Å². The number of nitrogens with two attached hydrogens (primary N) is 2. The summed E-state index contributed by atoms with van der Waals surface area (Å²) in [6.07, 6.45) is 1.55. The van der Waals surface area contributed by atoms with Crippen LogP contribution in [0.4, 0.5) is 0 Å². The van der Waals surface area contributed by atoms with Crippen molar-refractivity contribution in [3.8, 4) is 0 Å². The molecule has 2 heterocycles. The third-order valence-electron chi connectivity index (χ3n) is 14.9. The van der Waals surface area contributed by atoms with Gasteiger partial charge in [-0.3, -0.25) is 52.9 Å². The maximum absolute atomic E-state index is 14.7. The Labute approximate surface area is 463 Å². The zero-order valence-corrected chi connectivity index (χ0v) is 48.2. The van der Waals surface area contributed by atoms with E-state index in [1.165, 1.54) is 19.1 Å². The average molecular weight is 1120 g/mol. The van der Waals surface area contributed by atoms with Gasteiger partial charge in [0.15, 0.2) is 0 Å². The number of unbranched alkanes of at least 4 members (excludes halogenated alkanes) is 2. The number of hydrogen-bond acceptors (Lipinski definition) is 15. The molecule has 2 aliphatic rings. The Hall–Kier alpha value is -5.69. The topological polar surface area (TPSA) is 320 Å². The highest BCUT2D eigenvalue weighted by Gasteiger charge is 2.44. The molecule has 0 spiro atoms. The van der Waals surface area contributed by atoms with Crippen LogP contribution in [0.1, 0.15) is 112 Å². The first-order valence-electron chi connectivity index (χ1n) is 27.0. The number of rotatable bonds is 34. The van der Waals surface area contributed by atoms with E-state index < -0.39 is 114 Å². The Balaban J connectivity index is 1.64. The van der Waals surface area contributed by atoms with Crippen LogP contribution in [0.25, 0.3) is 0 Å². The summed E-state index contributed by atoms with van der Waals surface area (Å²) < 4.78 is 11.9. The number of carbonyl (C=O) groups excluding carboxylic acids is 9. The SMILES string of the molecule is CC[C@H](C)C([C@@H](CC(=O)N1CCC[C@H]1[C@H](OC)[C@@H](C)C(=O)N[C@H](Cc1ccccc1)C(=O)O)OC)N(C)C(=O)[C@@H](NC(=O)[C@H](C(C)C)N(C)C(=O)CCCCCN1C(=O)CC(SCC(NC(=O)CON)C(N)=O)C1=O)C(C)C. The Morgan fingerprint density at radius 1 is 0.859 bits per heavy atom. The molecular weight excluding hydrogens is 1030 g/mol. The smallest absolute Gasteiger partial charge is 0.326 e. The number of likely N-dealkylation sites (N-methyl/N-ethyl adjacent to an activating group) is 2. The highest BCUT2D eigenvalue weighted by molar-refractivity contribution is 8.00. The van der Waals surface area contributed by atoms with Gasteiger partial charge in [-0.05, 0) is 49.0 Å². The highest BCUT2D eigenvalue weighted by Crippen LogP contribution is 2.31. The number of likely N-dealkylation sites (tertiary alicyclic amines) is 2. The summed E-state index contributed by atoms with van der Waals surface area (Å²) in [6, 6.07) is 3.61. The van der Waals surface area contributed by atoms with E-state index in [1.54, 1.807) is 68.9 Å². The van der Waals surface area contributed by atoms with Gasteiger partial charge in [0, 0.05) is 66.4 Å². The molecule has 9 amide bonds. The molecule has 0 aliphatic carbocycles. The Kier molecular flexibility index (Phi) is 27.7. The van der Waals surface area contributed by atoms with E-state index in [0.717, 1.165) is 22.2 Å². The molecule has 8 N–H and O–H groups in total. The van der Waals surface area contributed by atoms with Gasteiger partial charge in [-0.2, -0.15) is 0 Å². The van der Waals surface area contributed by atoms with Crippen LogP contribution in [0.2, 0.25) is 0 Å². The van der Waals surface area contributed by atoms with Gasteiger partial charge in [-0.25, -0.2) is 10.7 Å². The van der Waals surface area contributed by atoms with Gasteiger partial charge in [-0.1, -0.05) is 91.6 Å². The largest absolute Gasteiger partial charge is 0.480 e. The van der Waals surface area contributed by atoms with Gasteiger partial charge in [0.1, 0.15) is 30.8 Å². The number of imide groups is 1. The number of carboxylic acids is 1. The van der Waals surface area contributed by atoms with Crippen molar-refractivity contribution in [1.82, 2.24) is 35.6 Å². The van der Waals surface area contributed by atoms with Crippen LogP contribution in [0.3, 0.4) is 0 Å². The zero-order valence-electron chi connectivity index (χ0n) is 47.4. The van der Waals surface area contributed by atoms with E-state index in [-0.39, 0.29) is 67.5 Å². The number of ether oxygens (including phenoxy) is 2. The second-order valence-electron chi connectivity index (χ2n) is 21.2. The fraction of sp³-hybridized carbons (Fsp3) is 0.704. The Morgan fingerprint density at radius 3 is 2.09 bits per heavy atom. The van der Waals surface area contributed by atoms with Crippen LogP contribution in [0.15, 0.2) is 30.3 Å². The predicted molar refractivity (Wildman–Crippen MR) is 291 cm³/mol. The summed E-state index contributed by atoms with van der Waals surface area (Å²) in [5.74, 6) is -2.35. The molecule has 1 aromatic carbocycles. The van der Waals surface area contributed by atoms with Crippen molar-refractivity contribution in [3.05, 3.63) is 35.9 Å². The minimum absolute atomic E-state index is 0.0434. The summed E-state index contributed by atoms with van der Waals surface area (Å²) in [7, 11) is 6.12. The van der Waals surface area contributed by atoms with Gasteiger partial charge in [0.25, 0.3) is 0 Å². The molecule has 1 aromatic rings. The lowest BCUT2D eigenvalue weighted by molar-refractivity contribution is -0.149. The quantitative estimate of drug-likeness (QED) is 0.0325. The molecule has 24 heteroatoms. The number of nitrogens with one attached hydrogen (secondary N) is 3. The summed E-state index contributed by atoms with van der Waals surface area (Å²) in [5.41, 5.74) is 6.14. The van der Waals surface area contributed by atoms with Crippen molar-refractivity contribution in [2.75, 3.05) is 53.8 Å². The third kappa shape index (κ3) is 18.7. The average Bonchev–Trinajstić information content (AvgIpc) is 3.98. The van der Waals surface area contributed by atoms with Crippen molar-refractivity contribution in [1.29, 1.82) is 0 Å². The van der Waals surface area contributed by atoms with Crippen LogP contribution in [0.5, 0.6) is 0 Å².